The van der Waals surface area contributed by atoms with Crippen molar-refractivity contribution in [2.45, 2.75) is 70.6 Å². The summed E-state index contributed by atoms with van der Waals surface area (Å²) in [7, 11) is 1.58. The second-order valence-electron chi connectivity index (χ2n) is 8.63. The molecule has 6 nitrogen and oxygen atoms in total. The first kappa shape index (κ1) is 24.6. The highest BCUT2D eigenvalue weighted by Gasteiger charge is 2.26. The van der Waals surface area contributed by atoms with Gasteiger partial charge in [-0.15, -0.1) is 0 Å². The summed E-state index contributed by atoms with van der Waals surface area (Å²) in [6.07, 6.45) is 7.47. The normalized spacial score (nSPS) is 16.7. The van der Waals surface area contributed by atoms with Gasteiger partial charge in [0.1, 0.15) is 12.7 Å². The number of allylic oxidation sites excluding steroid dienone is 1. The van der Waals surface area contributed by atoms with Crippen LogP contribution in [0.4, 0.5) is 0 Å². The summed E-state index contributed by atoms with van der Waals surface area (Å²) >= 11 is 0. The third-order valence-electron chi connectivity index (χ3n) is 6.07. The summed E-state index contributed by atoms with van der Waals surface area (Å²) in [5.41, 5.74) is 15.0. The minimum atomic E-state index is -0.729. The van der Waals surface area contributed by atoms with E-state index in [2.05, 4.69) is 0 Å². The van der Waals surface area contributed by atoms with Crippen LogP contribution in [-0.2, 0) is 16.1 Å². The van der Waals surface area contributed by atoms with Crippen molar-refractivity contribution in [1.82, 2.24) is 0 Å². The van der Waals surface area contributed by atoms with E-state index in [0.717, 1.165) is 31.2 Å². The van der Waals surface area contributed by atoms with Crippen LogP contribution in [0.3, 0.4) is 0 Å². The number of hydrogen-bond acceptors (Lipinski definition) is 6. The van der Waals surface area contributed by atoms with Crippen LogP contribution < -0.4 is 20.9 Å². The van der Waals surface area contributed by atoms with Crippen molar-refractivity contribution >= 4 is 5.97 Å². The zero-order valence-electron chi connectivity index (χ0n) is 19.7. The molecule has 1 aliphatic rings. The van der Waals surface area contributed by atoms with E-state index < -0.39 is 12.0 Å². The Morgan fingerprint density at radius 3 is 2.30 bits per heavy atom. The molecule has 1 fully saturated rings. The molecule has 0 bridgehead atoms. The Morgan fingerprint density at radius 1 is 1.00 bits per heavy atom. The van der Waals surface area contributed by atoms with Gasteiger partial charge in [0, 0.05) is 5.70 Å². The molecule has 0 aliphatic heterocycles. The Morgan fingerprint density at radius 2 is 1.67 bits per heavy atom. The fourth-order valence-electron chi connectivity index (χ4n) is 4.18. The molecule has 178 valence electrons. The Hall–Kier alpha value is -2.99. The van der Waals surface area contributed by atoms with Crippen LogP contribution in [-0.4, -0.2) is 19.2 Å². The number of esters is 1. The van der Waals surface area contributed by atoms with E-state index in [9.17, 15) is 4.79 Å². The lowest BCUT2D eigenvalue weighted by atomic mass is 9.96. The largest absolute Gasteiger partial charge is 0.493 e. The van der Waals surface area contributed by atoms with Crippen molar-refractivity contribution in [2.75, 3.05) is 7.11 Å². The molecule has 0 heterocycles. The smallest absolute Gasteiger partial charge is 0.337 e. The Kier molecular flexibility index (Phi) is 9.19. The maximum Gasteiger partial charge on any atom is 0.337 e. The molecule has 0 radical (unpaired) electrons. The number of carbonyl (C=O) groups is 1. The maximum absolute atomic E-state index is 13.1. The van der Waals surface area contributed by atoms with Crippen molar-refractivity contribution in [1.29, 1.82) is 0 Å². The van der Waals surface area contributed by atoms with E-state index in [0.29, 0.717) is 29.4 Å². The fourth-order valence-corrected chi connectivity index (χ4v) is 4.18. The van der Waals surface area contributed by atoms with Crippen LogP contribution in [0.15, 0.2) is 59.8 Å². The molecule has 2 aromatic rings. The molecular weight excluding hydrogens is 416 g/mol. The van der Waals surface area contributed by atoms with Crippen molar-refractivity contribution in [2.24, 2.45) is 11.5 Å². The van der Waals surface area contributed by atoms with Gasteiger partial charge in [-0.2, -0.15) is 0 Å². The third-order valence-corrected chi connectivity index (χ3v) is 6.07. The van der Waals surface area contributed by atoms with Crippen LogP contribution in [0.5, 0.6) is 11.5 Å². The van der Waals surface area contributed by atoms with Crippen molar-refractivity contribution in [3.63, 3.8) is 0 Å². The van der Waals surface area contributed by atoms with Crippen LogP contribution in [0.2, 0.25) is 0 Å². The van der Waals surface area contributed by atoms with Crippen LogP contribution >= 0.6 is 0 Å². The second-order valence-corrected chi connectivity index (χ2v) is 8.63. The lowest BCUT2D eigenvalue weighted by molar-refractivity contribution is -0.145. The summed E-state index contributed by atoms with van der Waals surface area (Å²) < 4.78 is 17.3. The quantitative estimate of drug-likeness (QED) is 0.424. The minimum absolute atomic E-state index is 0.0809. The summed E-state index contributed by atoms with van der Waals surface area (Å²) in [5.74, 6) is 0.710. The molecule has 2 aromatic carbocycles. The van der Waals surface area contributed by atoms with Gasteiger partial charge in [0.2, 0.25) is 0 Å². The van der Waals surface area contributed by atoms with E-state index in [-0.39, 0.29) is 11.7 Å². The van der Waals surface area contributed by atoms with Gasteiger partial charge in [0.15, 0.2) is 11.5 Å². The molecule has 0 amide bonds. The molecule has 1 aliphatic carbocycles. The number of hydrogen-bond donors (Lipinski definition) is 2. The van der Waals surface area contributed by atoms with Gasteiger partial charge >= 0.3 is 5.97 Å². The van der Waals surface area contributed by atoms with Gasteiger partial charge in [-0.25, -0.2) is 4.79 Å². The van der Waals surface area contributed by atoms with Crippen LogP contribution in [0.25, 0.3) is 0 Å². The van der Waals surface area contributed by atoms with E-state index in [1.54, 1.807) is 26.2 Å². The standard InChI is InChI=1S/C27H36N2O4/c1-19(28)25(27(30)33-22-13-9-4-3-5-10-14-22)26(29)21-15-16-23(24(17-21)31-2)32-18-20-11-7-6-8-12-20/h6-8,11-12,15-17,22,26H,3-5,9-10,13-14,18,28-29H2,1-2H3/b25-19+. The molecule has 1 unspecified atom stereocenters. The molecular formula is C27H36N2O4. The lowest BCUT2D eigenvalue weighted by Gasteiger charge is -2.23. The highest BCUT2D eigenvalue weighted by Crippen LogP contribution is 2.33. The van der Waals surface area contributed by atoms with Gasteiger partial charge in [-0.3, -0.25) is 0 Å². The van der Waals surface area contributed by atoms with Crippen molar-refractivity contribution in [3.05, 3.63) is 70.9 Å². The van der Waals surface area contributed by atoms with Gasteiger partial charge in [-0.1, -0.05) is 55.7 Å². The monoisotopic (exact) mass is 452 g/mol. The molecule has 3 rings (SSSR count). The summed E-state index contributed by atoms with van der Waals surface area (Å²) in [6, 6.07) is 14.6. The number of methoxy groups -OCH3 is 1. The number of benzene rings is 2. The summed E-state index contributed by atoms with van der Waals surface area (Å²) in [4.78, 5) is 13.1. The molecule has 1 atom stereocenters. The Balaban J connectivity index is 1.72. The SMILES string of the molecule is COc1cc(C(N)/C(C(=O)OC2CCCCCCC2)=C(/C)N)ccc1OCc1ccccc1. The van der Waals surface area contributed by atoms with E-state index in [1.807, 2.05) is 36.4 Å². The maximum atomic E-state index is 13.1. The Bertz CT molecular complexity index is 930. The van der Waals surface area contributed by atoms with E-state index in [1.165, 1.54) is 19.3 Å². The van der Waals surface area contributed by atoms with Gasteiger partial charge < -0.3 is 25.7 Å². The van der Waals surface area contributed by atoms with E-state index in [4.69, 9.17) is 25.7 Å². The minimum Gasteiger partial charge on any atom is -0.493 e. The van der Waals surface area contributed by atoms with Gasteiger partial charge in [0.05, 0.1) is 18.7 Å². The number of carbonyl (C=O) groups excluding carboxylic acids is 1. The van der Waals surface area contributed by atoms with Crippen molar-refractivity contribution < 1.29 is 19.0 Å². The van der Waals surface area contributed by atoms with Crippen LogP contribution in [0.1, 0.15) is 69.0 Å². The molecule has 0 spiro atoms. The van der Waals surface area contributed by atoms with E-state index >= 15 is 0 Å². The molecule has 4 N–H and O–H groups in total. The first-order valence-electron chi connectivity index (χ1n) is 11.8. The highest BCUT2D eigenvalue weighted by atomic mass is 16.5. The zero-order valence-corrected chi connectivity index (χ0v) is 19.7. The fraction of sp³-hybridized carbons (Fsp3) is 0.444. The first-order chi connectivity index (χ1) is 16.0. The predicted octanol–water partition coefficient (Wildman–Crippen LogP) is 5.16. The molecule has 6 heteroatoms. The summed E-state index contributed by atoms with van der Waals surface area (Å²) in [6.45, 7) is 2.10. The molecule has 1 saturated carbocycles. The summed E-state index contributed by atoms with van der Waals surface area (Å²) in [5, 5.41) is 0. The number of rotatable bonds is 8. The van der Waals surface area contributed by atoms with Gasteiger partial charge in [0.25, 0.3) is 0 Å². The topological polar surface area (TPSA) is 96.8 Å². The van der Waals surface area contributed by atoms with Gasteiger partial charge in [-0.05, 0) is 55.9 Å². The average Bonchev–Trinajstić information content (AvgIpc) is 2.79. The number of ether oxygens (including phenoxy) is 3. The van der Waals surface area contributed by atoms with Crippen molar-refractivity contribution in [3.8, 4) is 11.5 Å². The third kappa shape index (κ3) is 6.99. The predicted molar refractivity (Wildman–Crippen MR) is 130 cm³/mol. The molecule has 0 aromatic heterocycles. The zero-order chi connectivity index (χ0) is 23.6. The molecule has 0 saturated heterocycles. The Labute approximate surface area is 196 Å². The lowest BCUT2D eigenvalue weighted by Crippen LogP contribution is -2.28. The number of nitrogens with two attached hydrogens (primary N) is 2. The first-order valence-corrected chi connectivity index (χ1v) is 11.8. The molecule has 33 heavy (non-hydrogen) atoms. The second kappa shape index (κ2) is 12.3. The van der Waals surface area contributed by atoms with Crippen LogP contribution in [0, 0.1) is 0 Å². The average molecular weight is 453 g/mol. The highest BCUT2D eigenvalue weighted by molar-refractivity contribution is 5.91.